The van der Waals surface area contributed by atoms with E-state index in [2.05, 4.69) is 0 Å². The van der Waals surface area contributed by atoms with E-state index in [9.17, 15) is 29.3 Å². The Bertz CT molecular complexity index is 1550. The van der Waals surface area contributed by atoms with E-state index in [1.54, 1.807) is 6.07 Å². The quantitative estimate of drug-likeness (QED) is 0.128. The number of Topliss-reactive ketones (excluding diaryl/α,β-unsaturated/α-hetero) is 1. The third kappa shape index (κ3) is 3.92. The zero-order valence-electron chi connectivity index (χ0n) is 20.4. The zero-order valence-corrected chi connectivity index (χ0v) is 25.0. The van der Waals surface area contributed by atoms with Gasteiger partial charge in [0.1, 0.15) is 22.0 Å². The number of fused-ring (bicyclic) bond motifs is 5. The molecular weight excluding hydrogens is 667 g/mol. The molecule has 16 heteroatoms. The molecule has 1 saturated carbocycles. The normalized spacial score (nSPS) is 27.7. The molecule has 10 nitrogen and oxygen atoms in total. The van der Waals surface area contributed by atoms with Crippen molar-refractivity contribution in [2.75, 3.05) is 13.7 Å². The standard InChI is InChI=1S/C25H15Cl6N3O7/c1-41-14-7-3-4-11(9-14)15(35)10-32(20(36)12-5-2-6-13(8-12)34(39)40)33-21(37)16-17(22(33)38)24(29)19(27)18(26)23(16,28)25(24,30)31/h2-9,16-17H,10H2,1H3/t16-,17-,23+,24+/m0/s1. The maximum atomic E-state index is 13.9. The van der Waals surface area contributed by atoms with E-state index in [-0.39, 0.29) is 21.2 Å². The van der Waals surface area contributed by atoms with Crippen molar-refractivity contribution in [1.29, 1.82) is 0 Å². The van der Waals surface area contributed by atoms with Gasteiger partial charge in [-0.2, -0.15) is 5.01 Å². The van der Waals surface area contributed by atoms with Crippen LogP contribution in [-0.2, 0) is 9.59 Å². The highest BCUT2D eigenvalue weighted by Crippen LogP contribution is 2.77. The maximum Gasteiger partial charge on any atom is 0.273 e. The highest BCUT2D eigenvalue weighted by molar-refractivity contribution is 6.66. The van der Waals surface area contributed by atoms with Crippen LogP contribution in [0, 0.1) is 22.0 Å². The molecule has 3 aliphatic rings. The Balaban J connectivity index is 1.61. The average Bonchev–Trinajstić information content (AvgIpc) is 3.34. The number of halogens is 6. The number of non-ortho nitro benzene ring substituents is 1. The van der Waals surface area contributed by atoms with Gasteiger partial charge in [-0.1, -0.05) is 64.6 Å². The van der Waals surface area contributed by atoms with Gasteiger partial charge in [0, 0.05) is 23.3 Å². The molecule has 2 aromatic rings. The first kappa shape index (κ1) is 29.9. The molecule has 5 rings (SSSR count). The Morgan fingerprint density at radius 3 is 2.02 bits per heavy atom. The lowest BCUT2D eigenvalue weighted by Crippen LogP contribution is -2.56. The average molecular weight is 682 g/mol. The van der Waals surface area contributed by atoms with Gasteiger partial charge in [-0.05, 0) is 18.2 Å². The van der Waals surface area contributed by atoms with Crippen LogP contribution in [0.1, 0.15) is 20.7 Å². The maximum absolute atomic E-state index is 13.9. The number of carbonyl (C=O) groups excluding carboxylic acids is 4. The van der Waals surface area contributed by atoms with Crippen molar-refractivity contribution in [3.05, 3.63) is 79.8 Å². The fourth-order valence-electron chi connectivity index (χ4n) is 5.38. The van der Waals surface area contributed by atoms with E-state index in [1.807, 2.05) is 0 Å². The minimum atomic E-state index is -2.21. The van der Waals surface area contributed by atoms with E-state index >= 15 is 0 Å². The summed E-state index contributed by atoms with van der Waals surface area (Å²) in [5.41, 5.74) is -0.658. The van der Waals surface area contributed by atoms with Crippen LogP contribution >= 0.6 is 69.6 Å². The minimum Gasteiger partial charge on any atom is -0.497 e. The lowest BCUT2D eigenvalue weighted by molar-refractivity contribution is -0.384. The molecule has 4 atom stereocenters. The van der Waals surface area contributed by atoms with Crippen molar-refractivity contribution < 1.29 is 28.8 Å². The number of hydrazine groups is 1. The number of benzene rings is 2. The summed E-state index contributed by atoms with van der Waals surface area (Å²) in [6.45, 7) is -0.849. The summed E-state index contributed by atoms with van der Waals surface area (Å²) < 4.78 is 2.93. The van der Waals surface area contributed by atoms with Crippen molar-refractivity contribution in [2.45, 2.75) is 14.1 Å². The molecule has 0 N–H and O–H groups in total. The van der Waals surface area contributed by atoms with Gasteiger partial charge in [-0.15, -0.1) is 23.2 Å². The number of alkyl halides is 4. The first-order valence-electron chi connectivity index (χ1n) is 11.6. The number of ether oxygens (including phenoxy) is 1. The molecule has 2 fully saturated rings. The number of nitro benzene ring substituents is 1. The Morgan fingerprint density at radius 1 is 0.951 bits per heavy atom. The van der Waals surface area contributed by atoms with Crippen LogP contribution < -0.4 is 4.74 Å². The number of carbonyl (C=O) groups is 4. The van der Waals surface area contributed by atoms with Gasteiger partial charge < -0.3 is 4.74 Å². The largest absolute Gasteiger partial charge is 0.497 e. The molecule has 1 aliphatic heterocycles. The van der Waals surface area contributed by atoms with Crippen LogP contribution in [0.4, 0.5) is 5.69 Å². The van der Waals surface area contributed by atoms with Gasteiger partial charge in [0.2, 0.25) is 0 Å². The zero-order chi connectivity index (χ0) is 30.2. The van der Waals surface area contributed by atoms with E-state index in [4.69, 9.17) is 74.3 Å². The molecule has 0 radical (unpaired) electrons. The molecule has 0 unspecified atom stereocenters. The van der Waals surface area contributed by atoms with Crippen LogP contribution in [0.15, 0.2) is 58.6 Å². The predicted molar refractivity (Wildman–Crippen MR) is 151 cm³/mol. The van der Waals surface area contributed by atoms with Crippen LogP contribution in [0.5, 0.6) is 5.75 Å². The van der Waals surface area contributed by atoms with Gasteiger partial charge in [0.15, 0.2) is 10.1 Å². The molecular formula is C25H15Cl6N3O7. The number of rotatable bonds is 7. The van der Waals surface area contributed by atoms with Crippen molar-refractivity contribution in [1.82, 2.24) is 10.0 Å². The minimum absolute atomic E-state index is 0.0801. The molecule has 214 valence electrons. The molecule has 2 aromatic carbocycles. The van der Waals surface area contributed by atoms with Crippen LogP contribution in [0.2, 0.25) is 0 Å². The number of nitrogens with zero attached hydrogens (tertiary/aromatic N) is 3. The summed E-state index contributed by atoms with van der Waals surface area (Å²) in [6.07, 6.45) is 0. The second-order valence-corrected chi connectivity index (χ2v) is 12.7. The number of hydrogen-bond donors (Lipinski definition) is 0. The van der Waals surface area contributed by atoms with Crippen LogP contribution in [-0.4, -0.2) is 66.2 Å². The number of nitro groups is 1. The van der Waals surface area contributed by atoms with E-state index in [0.29, 0.717) is 15.8 Å². The van der Waals surface area contributed by atoms with Crippen molar-refractivity contribution in [3.8, 4) is 5.75 Å². The van der Waals surface area contributed by atoms with E-state index in [1.165, 1.54) is 37.4 Å². The van der Waals surface area contributed by atoms with Crippen LogP contribution in [0.25, 0.3) is 0 Å². The number of allylic oxidation sites excluding steroid dienone is 2. The van der Waals surface area contributed by atoms with Gasteiger partial charge in [0.05, 0.1) is 33.9 Å². The SMILES string of the molecule is COc1cccc(C(=O)CN(C(=O)c2cccc([N+](=O)[O-])c2)N2C(=O)[C@@H]3[C@@H](C2=O)[C@@]2(Cl)C(Cl)=C(Cl)[C@@]3(Cl)C2(Cl)Cl)c1. The highest BCUT2D eigenvalue weighted by Gasteiger charge is 2.88. The third-order valence-corrected chi connectivity index (χ3v) is 11.6. The Morgan fingerprint density at radius 2 is 1.49 bits per heavy atom. The number of ketones is 1. The smallest absolute Gasteiger partial charge is 0.273 e. The van der Waals surface area contributed by atoms with Crippen molar-refractivity contribution in [2.24, 2.45) is 11.8 Å². The lowest BCUT2D eigenvalue weighted by atomic mass is 9.84. The van der Waals surface area contributed by atoms with Crippen molar-refractivity contribution in [3.63, 3.8) is 0 Å². The lowest BCUT2D eigenvalue weighted by Gasteiger charge is -2.36. The van der Waals surface area contributed by atoms with Gasteiger partial charge in [-0.3, -0.25) is 29.3 Å². The predicted octanol–water partition coefficient (Wildman–Crippen LogP) is 5.29. The number of imide groups is 1. The first-order chi connectivity index (χ1) is 19.1. The summed E-state index contributed by atoms with van der Waals surface area (Å²) in [5.74, 6) is -6.78. The number of amides is 3. The van der Waals surface area contributed by atoms with Crippen LogP contribution in [0.3, 0.4) is 0 Å². The fraction of sp³-hybridized carbons (Fsp3) is 0.280. The molecule has 1 saturated heterocycles. The van der Waals surface area contributed by atoms with Gasteiger partial charge in [-0.25, -0.2) is 5.01 Å². The third-order valence-electron chi connectivity index (χ3n) is 7.35. The highest BCUT2D eigenvalue weighted by atomic mass is 35.5. The van der Waals surface area contributed by atoms with Gasteiger partial charge >= 0.3 is 0 Å². The Hall–Kier alpha value is -2.60. The van der Waals surface area contributed by atoms with E-state index in [0.717, 1.165) is 12.1 Å². The monoisotopic (exact) mass is 679 g/mol. The molecule has 1 heterocycles. The molecule has 2 bridgehead atoms. The van der Waals surface area contributed by atoms with E-state index < -0.39 is 66.6 Å². The summed E-state index contributed by atoms with van der Waals surface area (Å²) in [5, 5.41) is 11.7. The summed E-state index contributed by atoms with van der Waals surface area (Å²) in [4.78, 5) is 61.3. The fourth-order valence-corrected chi connectivity index (χ4v) is 8.31. The second-order valence-electron chi connectivity index (χ2n) is 9.39. The molecule has 0 aromatic heterocycles. The molecule has 2 aliphatic carbocycles. The summed E-state index contributed by atoms with van der Waals surface area (Å²) in [7, 11) is 1.39. The summed E-state index contributed by atoms with van der Waals surface area (Å²) in [6, 6.07) is 10.5. The number of methoxy groups -OCH3 is 1. The first-order valence-corrected chi connectivity index (χ1v) is 13.8. The topological polar surface area (TPSA) is 127 Å². The molecule has 3 amide bonds. The molecule has 0 spiro atoms. The Labute approximate surface area is 261 Å². The van der Waals surface area contributed by atoms with Gasteiger partial charge in [0.25, 0.3) is 23.4 Å². The Kier molecular flexibility index (Phi) is 7.29. The molecule has 41 heavy (non-hydrogen) atoms. The second kappa shape index (κ2) is 10.00. The summed E-state index contributed by atoms with van der Waals surface area (Å²) >= 11 is 39.3. The van der Waals surface area contributed by atoms with Crippen molar-refractivity contribution >= 4 is 98.8 Å². The number of hydrogen-bond acceptors (Lipinski definition) is 7.